The Hall–Kier alpha value is -4.00. The molecule has 214 valence electrons. The molecular formula is C29H30N4O6S2. The highest BCUT2D eigenvalue weighted by Crippen LogP contribution is 2.30. The van der Waals surface area contributed by atoms with E-state index in [1.807, 2.05) is 60.4 Å². The first kappa shape index (κ1) is 28.5. The van der Waals surface area contributed by atoms with Gasteiger partial charge in [0, 0.05) is 44.1 Å². The molecule has 0 aliphatic carbocycles. The Morgan fingerprint density at radius 3 is 2.22 bits per heavy atom. The Labute approximate surface area is 243 Å². The van der Waals surface area contributed by atoms with Gasteiger partial charge in [0.05, 0.1) is 19.8 Å². The van der Waals surface area contributed by atoms with Crippen molar-refractivity contribution in [3.8, 4) is 17.2 Å². The number of aryl methyl sites for hydroxylation is 1. The first-order valence-electron chi connectivity index (χ1n) is 12.9. The Morgan fingerprint density at radius 2 is 1.59 bits per heavy atom. The fourth-order valence-corrected chi connectivity index (χ4v) is 6.77. The normalized spacial score (nSPS) is 14.1. The molecule has 0 N–H and O–H groups in total. The van der Waals surface area contributed by atoms with Gasteiger partial charge in [0.1, 0.15) is 28.0 Å². The highest BCUT2D eigenvalue weighted by atomic mass is 32.2. The predicted octanol–water partition coefficient (Wildman–Crippen LogP) is 4.54. The molecule has 12 heteroatoms. The van der Waals surface area contributed by atoms with Crippen LogP contribution in [0.3, 0.4) is 0 Å². The zero-order valence-electron chi connectivity index (χ0n) is 22.9. The number of hydrogen-bond acceptors (Lipinski definition) is 10. The van der Waals surface area contributed by atoms with Gasteiger partial charge in [-0.1, -0.05) is 29.8 Å². The van der Waals surface area contributed by atoms with Crippen LogP contribution in [0.4, 0.5) is 5.13 Å². The van der Waals surface area contributed by atoms with Gasteiger partial charge in [0.15, 0.2) is 0 Å². The van der Waals surface area contributed by atoms with Crippen molar-refractivity contribution in [3.63, 3.8) is 0 Å². The molecule has 1 aliphatic rings. The van der Waals surface area contributed by atoms with Crippen molar-refractivity contribution in [1.29, 1.82) is 0 Å². The monoisotopic (exact) mass is 594 g/mol. The standard InChI is InChI=1S/C29H30N4O6S2/c1-20-4-9-23(10-5-20)39-24-11-6-21(7-12-24)18-27-30-29(40-31-27)32-14-16-33(17-15-32)41(35,36)26-19-22(28(34)38-3)8-13-25(26)37-2/h4-13,19H,14-18H2,1-3H3. The summed E-state index contributed by atoms with van der Waals surface area (Å²) in [4.78, 5) is 18.7. The lowest BCUT2D eigenvalue weighted by Crippen LogP contribution is -2.48. The van der Waals surface area contributed by atoms with E-state index in [0.717, 1.165) is 22.2 Å². The number of piperazine rings is 1. The van der Waals surface area contributed by atoms with Crippen molar-refractivity contribution in [2.24, 2.45) is 0 Å². The van der Waals surface area contributed by atoms with Crippen molar-refractivity contribution in [3.05, 3.63) is 89.2 Å². The molecule has 4 aromatic rings. The average molecular weight is 595 g/mol. The van der Waals surface area contributed by atoms with Crippen LogP contribution in [0.2, 0.25) is 0 Å². The summed E-state index contributed by atoms with van der Waals surface area (Å²) in [6.45, 7) is 3.46. The number of carbonyl (C=O) groups is 1. The molecule has 1 saturated heterocycles. The van der Waals surface area contributed by atoms with Crippen LogP contribution in [-0.4, -0.2) is 68.4 Å². The number of anilines is 1. The van der Waals surface area contributed by atoms with Gasteiger partial charge in [0.2, 0.25) is 15.2 Å². The Balaban J connectivity index is 1.20. The quantitative estimate of drug-likeness (QED) is 0.258. The maximum atomic E-state index is 13.5. The van der Waals surface area contributed by atoms with Crippen molar-refractivity contribution in [2.75, 3.05) is 45.3 Å². The molecule has 41 heavy (non-hydrogen) atoms. The van der Waals surface area contributed by atoms with E-state index >= 15 is 0 Å². The summed E-state index contributed by atoms with van der Waals surface area (Å²) < 4.78 is 48.8. The van der Waals surface area contributed by atoms with Gasteiger partial charge in [-0.05, 0) is 55.0 Å². The second-order valence-electron chi connectivity index (χ2n) is 9.48. The number of benzene rings is 3. The van der Waals surface area contributed by atoms with E-state index in [-0.39, 0.29) is 29.3 Å². The van der Waals surface area contributed by atoms with Crippen LogP contribution >= 0.6 is 11.5 Å². The van der Waals surface area contributed by atoms with Crippen LogP contribution in [0, 0.1) is 6.92 Å². The predicted molar refractivity (Wildman–Crippen MR) is 156 cm³/mol. The molecule has 0 atom stereocenters. The van der Waals surface area contributed by atoms with Gasteiger partial charge in [-0.25, -0.2) is 18.2 Å². The maximum Gasteiger partial charge on any atom is 0.337 e. The highest BCUT2D eigenvalue weighted by Gasteiger charge is 2.32. The van der Waals surface area contributed by atoms with Crippen LogP contribution in [0.25, 0.3) is 0 Å². The van der Waals surface area contributed by atoms with E-state index in [1.165, 1.54) is 53.8 Å². The Bertz CT molecular complexity index is 1610. The third kappa shape index (κ3) is 6.50. The topological polar surface area (TPSA) is 111 Å². The number of carbonyl (C=O) groups excluding carboxylic acids is 1. The molecule has 0 bridgehead atoms. The number of sulfonamides is 1. The Kier molecular flexibility index (Phi) is 8.52. The molecule has 0 saturated carbocycles. The lowest BCUT2D eigenvalue weighted by atomic mass is 10.1. The number of nitrogens with zero attached hydrogens (tertiary/aromatic N) is 4. The molecule has 1 fully saturated rings. The largest absolute Gasteiger partial charge is 0.495 e. The van der Waals surface area contributed by atoms with Crippen LogP contribution in [-0.2, 0) is 21.2 Å². The summed E-state index contributed by atoms with van der Waals surface area (Å²) >= 11 is 1.30. The van der Waals surface area contributed by atoms with Crippen LogP contribution in [0.1, 0.15) is 27.3 Å². The van der Waals surface area contributed by atoms with Crippen molar-refractivity contribution >= 4 is 32.7 Å². The number of hydrogen-bond donors (Lipinski definition) is 0. The number of methoxy groups -OCH3 is 2. The molecule has 1 aromatic heterocycles. The third-order valence-electron chi connectivity index (χ3n) is 6.71. The maximum absolute atomic E-state index is 13.5. The lowest BCUT2D eigenvalue weighted by Gasteiger charge is -2.33. The first-order chi connectivity index (χ1) is 19.8. The summed E-state index contributed by atoms with van der Waals surface area (Å²) in [6.07, 6.45) is 0.575. The summed E-state index contributed by atoms with van der Waals surface area (Å²) in [5.74, 6) is 1.80. The van der Waals surface area contributed by atoms with Crippen LogP contribution < -0.4 is 14.4 Å². The van der Waals surface area contributed by atoms with Gasteiger partial charge in [-0.2, -0.15) is 8.68 Å². The van der Waals surface area contributed by atoms with E-state index in [4.69, 9.17) is 19.2 Å². The van der Waals surface area contributed by atoms with E-state index in [9.17, 15) is 13.2 Å². The van der Waals surface area contributed by atoms with E-state index in [0.29, 0.717) is 25.3 Å². The fourth-order valence-electron chi connectivity index (χ4n) is 4.43. The average Bonchev–Trinajstić information content (AvgIpc) is 3.47. The molecular weight excluding hydrogens is 564 g/mol. The summed E-state index contributed by atoms with van der Waals surface area (Å²) in [7, 11) is -1.26. The zero-order valence-corrected chi connectivity index (χ0v) is 24.6. The molecule has 0 spiro atoms. The summed E-state index contributed by atoms with van der Waals surface area (Å²) in [5.41, 5.74) is 2.38. The number of rotatable bonds is 9. The number of aromatic nitrogens is 2. The van der Waals surface area contributed by atoms with E-state index < -0.39 is 16.0 Å². The van der Waals surface area contributed by atoms with Gasteiger partial charge in [0.25, 0.3) is 0 Å². The van der Waals surface area contributed by atoms with Crippen molar-refractivity contribution in [1.82, 2.24) is 13.7 Å². The second-order valence-corrected chi connectivity index (χ2v) is 12.1. The zero-order chi connectivity index (χ0) is 29.0. The molecule has 1 aliphatic heterocycles. The molecule has 0 radical (unpaired) electrons. The molecule has 0 unspecified atom stereocenters. The Morgan fingerprint density at radius 1 is 0.927 bits per heavy atom. The van der Waals surface area contributed by atoms with Gasteiger partial charge in [-0.15, -0.1) is 0 Å². The summed E-state index contributed by atoms with van der Waals surface area (Å²) in [6, 6.07) is 20.0. The molecule has 2 heterocycles. The molecule has 0 amide bonds. The summed E-state index contributed by atoms with van der Waals surface area (Å²) in [5, 5.41) is 0.752. The van der Waals surface area contributed by atoms with Crippen molar-refractivity contribution < 1.29 is 27.4 Å². The fraction of sp³-hybridized carbons (Fsp3) is 0.276. The minimum Gasteiger partial charge on any atom is -0.495 e. The second kappa shape index (κ2) is 12.2. The number of ether oxygens (including phenoxy) is 3. The van der Waals surface area contributed by atoms with Crippen LogP contribution in [0.15, 0.2) is 71.6 Å². The van der Waals surface area contributed by atoms with Crippen LogP contribution in [0.5, 0.6) is 17.2 Å². The third-order valence-corrected chi connectivity index (χ3v) is 9.45. The van der Waals surface area contributed by atoms with Gasteiger partial charge in [-0.3, -0.25) is 0 Å². The van der Waals surface area contributed by atoms with E-state index in [2.05, 4.69) is 4.37 Å². The smallest absolute Gasteiger partial charge is 0.337 e. The number of esters is 1. The van der Waals surface area contributed by atoms with E-state index in [1.54, 1.807) is 0 Å². The minimum absolute atomic E-state index is 0.0650. The molecule has 3 aromatic carbocycles. The first-order valence-corrected chi connectivity index (χ1v) is 15.2. The minimum atomic E-state index is -3.90. The van der Waals surface area contributed by atoms with Crippen molar-refractivity contribution in [2.45, 2.75) is 18.2 Å². The molecule has 10 nitrogen and oxygen atoms in total. The lowest BCUT2D eigenvalue weighted by molar-refractivity contribution is 0.0600. The molecule has 5 rings (SSSR count). The highest BCUT2D eigenvalue weighted by molar-refractivity contribution is 7.89. The SMILES string of the molecule is COC(=O)c1ccc(OC)c(S(=O)(=O)N2CCN(c3nc(Cc4ccc(Oc5ccc(C)cc5)cc4)ns3)CC2)c1. The van der Waals surface area contributed by atoms with Gasteiger partial charge >= 0.3 is 5.97 Å². The van der Waals surface area contributed by atoms with Gasteiger partial charge < -0.3 is 19.1 Å².